The van der Waals surface area contributed by atoms with Crippen molar-refractivity contribution in [3.05, 3.63) is 54.5 Å². The SMILES string of the molecule is COc1cc(Nc2nc(-c3ccc4c(c3)N=CC4)cn3ncnc23)ccc1N1CCOCC1. The van der Waals surface area contributed by atoms with Gasteiger partial charge in [-0.1, -0.05) is 12.1 Å². The Labute approximate surface area is 190 Å². The van der Waals surface area contributed by atoms with Crippen LogP contribution in [0.2, 0.25) is 0 Å². The minimum Gasteiger partial charge on any atom is -0.495 e. The van der Waals surface area contributed by atoms with Gasteiger partial charge in [0.1, 0.15) is 12.1 Å². The Morgan fingerprint density at radius 2 is 2.00 bits per heavy atom. The Balaban J connectivity index is 1.36. The molecule has 2 aromatic heterocycles. The minimum absolute atomic E-state index is 0.621. The zero-order valence-electron chi connectivity index (χ0n) is 18.2. The highest BCUT2D eigenvalue weighted by atomic mass is 16.5. The monoisotopic (exact) mass is 441 g/mol. The molecule has 0 aliphatic carbocycles. The predicted molar refractivity (Wildman–Crippen MR) is 127 cm³/mol. The van der Waals surface area contributed by atoms with Crippen LogP contribution in [0.15, 0.2) is 53.9 Å². The van der Waals surface area contributed by atoms with Crippen molar-refractivity contribution in [2.75, 3.05) is 43.6 Å². The molecule has 2 aromatic carbocycles. The zero-order valence-corrected chi connectivity index (χ0v) is 18.2. The van der Waals surface area contributed by atoms with Gasteiger partial charge in [-0.25, -0.2) is 14.5 Å². The molecule has 9 nitrogen and oxygen atoms in total. The second-order valence-corrected chi connectivity index (χ2v) is 7.97. The van der Waals surface area contributed by atoms with Crippen LogP contribution in [0.25, 0.3) is 16.9 Å². The molecular weight excluding hydrogens is 418 g/mol. The van der Waals surface area contributed by atoms with Crippen molar-refractivity contribution >= 4 is 34.7 Å². The first-order chi connectivity index (χ1) is 16.3. The molecule has 6 rings (SSSR count). The Bertz CT molecular complexity index is 1360. The lowest BCUT2D eigenvalue weighted by atomic mass is 10.1. The van der Waals surface area contributed by atoms with Gasteiger partial charge in [-0.15, -0.1) is 0 Å². The molecule has 4 heterocycles. The number of morpholine rings is 1. The van der Waals surface area contributed by atoms with Crippen molar-refractivity contribution in [3.8, 4) is 17.0 Å². The Morgan fingerprint density at radius 1 is 1.09 bits per heavy atom. The summed E-state index contributed by atoms with van der Waals surface area (Å²) in [5.74, 6) is 1.42. The highest BCUT2D eigenvalue weighted by molar-refractivity contribution is 5.80. The molecule has 1 fully saturated rings. The number of anilines is 3. The van der Waals surface area contributed by atoms with Crippen LogP contribution < -0.4 is 15.0 Å². The number of nitrogens with zero attached hydrogens (tertiary/aromatic N) is 6. The Kier molecular flexibility index (Phi) is 4.88. The average Bonchev–Trinajstić information content (AvgIpc) is 3.53. The lowest BCUT2D eigenvalue weighted by molar-refractivity contribution is 0.122. The van der Waals surface area contributed by atoms with E-state index in [4.69, 9.17) is 14.5 Å². The van der Waals surface area contributed by atoms with Crippen LogP contribution in [0.5, 0.6) is 5.75 Å². The van der Waals surface area contributed by atoms with Gasteiger partial charge < -0.3 is 19.7 Å². The molecule has 9 heteroatoms. The summed E-state index contributed by atoms with van der Waals surface area (Å²) in [7, 11) is 1.69. The lowest BCUT2D eigenvalue weighted by Crippen LogP contribution is -2.36. The molecule has 1 saturated heterocycles. The highest BCUT2D eigenvalue weighted by Crippen LogP contribution is 2.34. The van der Waals surface area contributed by atoms with Gasteiger partial charge >= 0.3 is 0 Å². The van der Waals surface area contributed by atoms with Crippen molar-refractivity contribution < 1.29 is 9.47 Å². The maximum absolute atomic E-state index is 5.70. The fraction of sp³-hybridized carbons (Fsp3) is 0.250. The van der Waals surface area contributed by atoms with Crippen LogP contribution in [0.3, 0.4) is 0 Å². The first-order valence-corrected chi connectivity index (χ1v) is 10.9. The topological polar surface area (TPSA) is 89.2 Å². The first kappa shape index (κ1) is 19.7. The van der Waals surface area contributed by atoms with E-state index in [1.807, 2.05) is 24.5 Å². The van der Waals surface area contributed by atoms with Gasteiger partial charge in [0.05, 0.1) is 43.6 Å². The van der Waals surface area contributed by atoms with Crippen LogP contribution >= 0.6 is 0 Å². The molecule has 0 unspecified atom stereocenters. The number of aromatic nitrogens is 4. The average molecular weight is 441 g/mol. The summed E-state index contributed by atoms with van der Waals surface area (Å²) in [6.45, 7) is 3.13. The number of methoxy groups -OCH3 is 1. The predicted octanol–water partition coefficient (Wildman–Crippen LogP) is 3.64. The second-order valence-electron chi connectivity index (χ2n) is 7.97. The van der Waals surface area contributed by atoms with Crippen molar-refractivity contribution in [2.24, 2.45) is 4.99 Å². The molecule has 2 aliphatic heterocycles. The number of nitrogens with one attached hydrogen (secondary N) is 1. The third-order valence-electron chi connectivity index (χ3n) is 5.98. The highest BCUT2D eigenvalue weighted by Gasteiger charge is 2.17. The molecule has 0 radical (unpaired) electrons. The van der Waals surface area contributed by atoms with Crippen molar-refractivity contribution in [2.45, 2.75) is 6.42 Å². The molecule has 1 N–H and O–H groups in total. The van der Waals surface area contributed by atoms with Crippen molar-refractivity contribution in [1.29, 1.82) is 0 Å². The largest absolute Gasteiger partial charge is 0.495 e. The van der Waals surface area contributed by atoms with Gasteiger partial charge in [0.25, 0.3) is 0 Å². The van der Waals surface area contributed by atoms with E-state index in [2.05, 4.69) is 49.6 Å². The molecule has 166 valence electrons. The summed E-state index contributed by atoms with van der Waals surface area (Å²) in [5.41, 5.74) is 6.55. The summed E-state index contributed by atoms with van der Waals surface area (Å²) < 4.78 is 12.9. The van der Waals surface area contributed by atoms with E-state index in [-0.39, 0.29) is 0 Å². The van der Waals surface area contributed by atoms with E-state index in [0.717, 1.165) is 66.8 Å². The molecule has 0 spiro atoms. The number of benzene rings is 2. The summed E-state index contributed by atoms with van der Waals surface area (Å²) >= 11 is 0. The van der Waals surface area contributed by atoms with Crippen molar-refractivity contribution in [1.82, 2.24) is 19.6 Å². The number of hydrogen-bond acceptors (Lipinski definition) is 8. The van der Waals surface area contributed by atoms with Crippen LogP contribution in [-0.4, -0.2) is 59.2 Å². The first-order valence-electron chi connectivity index (χ1n) is 10.9. The molecule has 4 aromatic rings. The summed E-state index contributed by atoms with van der Waals surface area (Å²) in [6, 6.07) is 12.3. The third-order valence-corrected chi connectivity index (χ3v) is 5.98. The molecule has 0 saturated carbocycles. The standard InChI is InChI=1S/C24H23N7O2/c1-32-22-13-18(4-5-21(22)30-8-10-33-11-9-30)28-23-24-26-15-27-31(24)14-20(29-23)17-3-2-16-6-7-25-19(16)12-17/h2-5,7,12-15H,6,8-11H2,1H3,(H,28,29). The number of fused-ring (bicyclic) bond motifs is 2. The maximum Gasteiger partial charge on any atom is 0.198 e. The van der Waals surface area contributed by atoms with Crippen molar-refractivity contribution in [3.63, 3.8) is 0 Å². The number of aliphatic imine (C=N–C) groups is 1. The summed E-state index contributed by atoms with van der Waals surface area (Å²) in [4.78, 5) is 16.0. The molecule has 0 bridgehead atoms. The molecule has 33 heavy (non-hydrogen) atoms. The van der Waals surface area contributed by atoms with Crippen LogP contribution in [0.4, 0.5) is 22.9 Å². The lowest BCUT2D eigenvalue weighted by Gasteiger charge is -2.30. The fourth-order valence-corrected chi connectivity index (χ4v) is 4.27. The van der Waals surface area contributed by atoms with E-state index in [0.29, 0.717) is 11.5 Å². The molecule has 0 atom stereocenters. The van der Waals surface area contributed by atoms with E-state index < -0.39 is 0 Å². The quantitative estimate of drug-likeness (QED) is 0.506. The van der Waals surface area contributed by atoms with Gasteiger partial charge in [0.2, 0.25) is 0 Å². The van der Waals surface area contributed by atoms with Crippen LogP contribution in [-0.2, 0) is 11.2 Å². The summed E-state index contributed by atoms with van der Waals surface area (Å²) in [6.07, 6.45) is 6.22. The van der Waals surface area contributed by atoms with Gasteiger partial charge in [0.15, 0.2) is 11.5 Å². The second kappa shape index (κ2) is 8.18. The molecule has 0 amide bonds. The van der Waals surface area contributed by atoms with Crippen LogP contribution in [0, 0.1) is 0 Å². The fourth-order valence-electron chi connectivity index (χ4n) is 4.27. The zero-order chi connectivity index (χ0) is 22.2. The number of rotatable bonds is 5. The van der Waals surface area contributed by atoms with E-state index in [1.54, 1.807) is 11.6 Å². The van der Waals surface area contributed by atoms with Gasteiger partial charge in [-0.05, 0) is 23.8 Å². The maximum atomic E-state index is 5.70. The van der Waals surface area contributed by atoms with Gasteiger partial charge in [0, 0.05) is 43.0 Å². The normalized spacial score (nSPS) is 15.1. The van der Waals surface area contributed by atoms with E-state index >= 15 is 0 Å². The Hall–Kier alpha value is -3.98. The van der Waals surface area contributed by atoms with Crippen LogP contribution in [0.1, 0.15) is 5.56 Å². The van der Waals surface area contributed by atoms with Gasteiger partial charge in [-0.2, -0.15) is 5.10 Å². The smallest absolute Gasteiger partial charge is 0.198 e. The minimum atomic E-state index is 0.621. The molecule has 2 aliphatic rings. The number of ether oxygens (including phenoxy) is 2. The number of hydrogen-bond donors (Lipinski definition) is 1. The van der Waals surface area contributed by atoms with Gasteiger partial charge in [-0.3, -0.25) is 4.99 Å². The Morgan fingerprint density at radius 3 is 2.88 bits per heavy atom. The molecular formula is C24H23N7O2. The van der Waals surface area contributed by atoms with E-state index in [1.165, 1.54) is 11.9 Å². The summed E-state index contributed by atoms with van der Waals surface area (Å²) in [5, 5.41) is 7.75. The van der Waals surface area contributed by atoms with E-state index in [9.17, 15) is 0 Å². The third kappa shape index (κ3) is 3.66.